The Hall–Kier alpha value is 0.943. The summed E-state index contributed by atoms with van der Waals surface area (Å²) in [5.74, 6) is 0. The number of rotatable bonds is 0. The Morgan fingerprint density at radius 2 is 1.45 bits per heavy atom. The zero-order valence-corrected chi connectivity index (χ0v) is 11.3. The summed E-state index contributed by atoms with van der Waals surface area (Å²) in [6.07, 6.45) is 10.0. The Kier molecular flexibility index (Phi) is 113. The van der Waals surface area contributed by atoms with E-state index in [2.05, 4.69) is 12.2 Å². The molecule has 0 nitrogen and oxygen atoms in total. The summed E-state index contributed by atoms with van der Waals surface area (Å²) >= 11 is 0. The van der Waals surface area contributed by atoms with Crippen molar-refractivity contribution in [3.63, 3.8) is 0 Å². The minimum atomic E-state index is 0. The summed E-state index contributed by atoms with van der Waals surface area (Å²) in [7, 11) is 0. The second kappa shape index (κ2) is 30.6. The maximum absolute atomic E-state index is 2.99. The fraction of sp³-hybridized carbons (Fsp3) is 0.125. The zero-order valence-electron chi connectivity index (χ0n) is 7.26. The van der Waals surface area contributed by atoms with E-state index < -0.39 is 0 Å². The first-order valence-electron chi connectivity index (χ1n) is 1.72. The van der Waals surface area contributed by atoms with E-state index in [0.717, 1.165) is 6.42 Å². The van der Waals surface area contributed by atoms with Crippen LogP contribution in [0.15, 0.2) is 18.2 Å². The number of halogens is 2. The van der Waals surface area contributed by atoms with Crippen LogP contribution in [0, 0.1) is 28.4 Å². The summed E-state index contributed by atoms with van der Waals surface area (Å²) in [5, 5.41) is 0. The van der Waals surface area contributed by atoms with E-state index >= 15 is 0 Å². The van der Waals surface area contributed by atoms with Crippen molar-refractivity contribution >= 4 is 24.8 Å². The zero-order chi connectivity index (χ0) is 3.54. The molecule has 0 saturated carbocycles. The van der Waals surface area contributed by atoms with Gasteiger partial charge in [0.05, 0.1) is 0 Å². The molecule has 0 radical (unpaired) electrons. The summed E-state index contributed by atoms with van der Waals surface area (Å²) in [4.78, 5) is 0. The van der Waals surface area contributed by atoms with E-state index in [1.165, 1.54) is 0 Å². The second-order valence-electron chi connectivity index (χ2n) is 1.00. The van der Waals surface area contributed by atoms with Crippen molar-refractivity contribution in [1.29, 1.82) is 0 Å². The van der Waals surface area contributed by atoms with Crippen molar-refractivity contribution in [2.75, 3.05) is 0 Å². The van der Waals surface area contributed by atoms with Gasteiger partial charge in [0.25, 0.3) is 0 Å². The smallest absolute Gasteiger partial charge is 0.358 e. The van der Waals surface area contributed by atoms with Gasteiger partial charge in [-0.2, -0.15) is 6.08 Å². The summed E-state index contributed by atoms with van der Waals surface area (Å²) in [6, 6.07) is 0. The molecule has 0 aromatic carbocycles. The number of hydrogen-bond acceptors (Lipinski definition) is 0. The summed E-state index contributed by atoms with van der Waals surface area (Å²) < 4.78 is 0. The first kappa shape index (κ1) is 40.5. The maximum atomic E-state index is 2.99. The summed E-state index contributed by atoms with van der Waals surface area (Å²) in [6.45, 7) is 0. The van der Waals surface area contributed by atoms with E-state index in [4.69, 9.17) is 0 Å². The monoisotopic (exact) mass is 272 g/mol. The SMILES string of the molecule is Cl.Cl.[C-]1=CC=CC1.[CH3-].[CH3-].[CH3-].[Zr+4]. The molecule has 0 heterocycles. The predicted octanol–water partition coefficient (Wildman–Crippen LogP) is 3.50. The molecule has 1 aliphatic carbocycles. The van der Waals surface area contributed by atoms with E-state index in [1.54, 1.807) is 0 Å². The minimum absolute atomic E-state index is 0. The molecule has 11 heavy (non-hydrogen) atoms. The van der Waals surface area contributed by atoms with E-state index in [1.807, 2.05) is 12.2 Å². The summed E-state index contributed by atoms with van der Waals surface area (Å²) in [5.41, 5.74) is 0. The van der Waals surface area contributed by atoms with Crippen LogP contribution in [0.25, 0.3) is 0 Å². The van der Waals surface area contributed by atoms with Gasteiger partial charge in [-0.25, -0.2) is 12.2 Å². The third-order valence-corrected chi connectivity index (χ3v) is 0.586. The van der Waals surface area contributed by atoms with E-state index in [-0.39, 0.29) is 73.3 Å². The topological polar surface area (TPSA) is 0 Å². The number of hydrogen-bond donors (Lipinski definition) is 0. The van der Waals surface area contributed by atoms with Crippen LogP contribution in [-0.4, -0.2) is 0 Å². The third kappa shape index (κ3) is 24.8. The Morgan fingerprint density at radius 1 is 1.00 bits per heavy atom. The molecular formula is C8H16Cl2Zr. The molecule has 0 bridgehead atoms. The van der Waals surface area contributed by atoms with Gasteiger partial charge in [-0.1, -0.05) is 0 Å². The molecule has 0 aliphatic heterocycles. The van der Waals surface area contributed by atoms with Crippen LogP contribution in [0.1, 0.15) is 6.42 Å². The van der Waals surface area contributed by atoms with Gasteiger partial charge in [0.2, 0.25) is 0 Å². The fourth-order valence-electron chi connectivity index (χ4n) is 0.340. The van der Waals surface area contributed by atoms with E-state index in [9.17, 15) is 0 Å². The van der Waals surface area contributed by atoms with Crippen LogP contribution in [0.3, 0.4) is 0 Å². The van der Waals surface area contributed by atoms with Crippen LogP contribution in [0.5, 0.6) is 0 Å². The van der Waals surface area contributed by atoms with Crippen LogP contribution in [0.2, 0.25) is 0 Å². The standard InChI is InChI=1S/C5H5.3CH3.2ClH.Zr/c1-2-4-5-3-1;;;;;;/h1-3H,4H2;3*1H3;2*1H;/q4*-1;;;+4. The largest absolute Gasteiger partial charge is 4.00 e. The van der Waals surface area contributed by atoms with Gasteiger partial charge in [0, 0.05) is 0 Å². The van der Waals surface area contributed by atoms with Crippen LogP contribution in [-0.2, 0) is 26.2 Å². The molecule has 0 amide bonds. The van der Waals surface area contributed by atoms with E-state index in [0.29, 0.717) is 0 Å². The van der Waals surface area contributed by atoms with Gasteiger partial charge < -0.3 is 22.3 Å². The average Bonchev–Trinajstić information content (AvgIpc) is 1.76. The molecule has 1 aliphatic rings. The van der Waals surface area contributed by atoms with Gasteiger partial charge >= 0.3 is 26.2 Å². The molecule has 66 valence electrons. The van der Waals surface area contributed by atoms with Gasteiger partial charge in [-0.15, -0.1) is 31.2 Å². The maximum Gasteiger partial charge on any atom is 4.00 e. The quantitative estimate of drug-likeness (QED) is 0.593. The first-order chi connectivity index (χ1) is 2.50. The minimum Gasteiger partial charge on any atom is -0.358 e. The molecule has 1 rings (SSSR count). The molecule has 0 atom stereocenters. The Balaban J connectivity index is -0.0000000104. The molecule has 0 saturated heterocycles. The molecule has 0 fully saturated rings. The molecule has 3 heteroatoms. The Labute approximate surface area is 103 Å². The third-order valence-electron chi connectivity index (χ3n) is 0.586. The Morgan fingerprint density at radius 3 is 1.55 bits per heavy atom. The van der Waals surface area contributed by atoms with Gasteiger partial charge in [-0.3, -0.25) is 6.08 Å². The number of allylic oxidation sites excluding steroid dienone is 4. The van der Waals surface area contributed by atoms with Crippen molar-refractivity contribution in [3.8, 4) is 0 Å². The molecule has 0 aromatic rings. The first-order valence-corrected chi connectivity index (χ1v) is 1.72. The van der Waals surface area contributed by atoms with Crippen LogP contribution < -0.4 is 0 Å². The predicted molar refractivity (Wildman–Crippen MR) is 55.3 cm³/mol. The van der Waals surface area contributed by atoms with Crippen molar-refractivity contribution in [2.24, 2.45) is 0 Å². The van der Waals surface area contributed by atoms with Crippen molar-refractivity contribution in [1.82, 2.24) is 0 Å². The second-order valence-corrected chi connectivity index (χ2v) is 1.00. The van der Waals surface area contributed by atoms with Crippen LogP contribution in [0.4, 0.5) is 0 Å². The Bertz CT molecular complexity index is 70.2. The fourth-order valence-corrected chi connectivity index (χ4v) is 0.340. The molecule has 0 N–H and O–H groups in total. The van der Waals surface area contributed by atoms with Crippen LogP contribution >= 0.6 is 24.8 Å². The normalized spacial score (nSPS) is 8.00. The van der Waals surface area contributed by atoms with Gasteiger partial charge in [-0.05, 0) is 0 Å². The van der Waals surface area contributed by atoms with Gasteiger partial charge in [0.1, 0.15) is 0 Å². The van der Waals surface area contributed by atoms with Crippen molar-refractivity contribution in [3.05, 3.63) is 46.6 Å². The molecule has 0 aromatic heterocycles. The van der Waals surface area contributed by atoms with Crippen molar-refractivity contribution in [2.45, 2.75) is 6.42 Å². The molecule has 0 spiro atoms. The van der Waals surface area contributed by atoms with Crippen molar-refractivity contribution < 1.29 is 26.2 Å². The molecular weight excluding hydrogens is 258 g/mol. The van der Waals surface area contributed by atoms with Gasteiger partial charge in [0.15, 0.2) is 0 Å². The average molecular weight is 274 g/mol. The molecule has 0 unspecified atom stereocenters.